The topological polar surface area (TPSA) is 50.8 Å². The van der Waals surface area contributed by atoms with Crippen molar-refractivity contribution < 1.29 is 14.3 Å². The van der Waals surface area contributed by atoms with Crippen LogP contribution < -0.4 is 14.8 Å². The summed E-state index contributed by atoms with van der Waals surface area (Å²) in [5.41, 5.74) is 7.35. The molecule has 1 fully saturated rings. The van der Waals surface area contributed by atoms with E-state index in [1.54, 1.807) is 14.2 Å². The lowest BCUT2D eigenvalue weighted by Gasteiger charge is -2.43. The fourth-order valence-electron chi connectivity index (χ4n) is 5.70. The van der Waals surface area contributed by atoms with Crippen molar-refractivity contribution in [2.75, 3.05) is 20.8 Å². The van der Waals surface area contributed by atoms with Crippen molar-refractivity contribution in [2.45, 2.75) is 64.1 Å². The maximum Gasteiger partial charge on any atom is 0.242 e. The average molecular weight is 499 g/mol. The number of nitrogens with zero attached hydrogens (tertiary/aromatic N) is 1. The summed E-state index contributed by atoms with van der Waals surface area (Å²) in [6.45, 7) is 5.10. The number of methoxy groups -OCH3 is 2. The van der Waals surface area contributed by atoms with E-state index >= 15 is 0 Å². The number of nitrogens with one attached hydrogen (secondary N) is 1. The Hall–Kier alpha value is -3.31. The third kappa shape index (κ3) is 5.24. The Morgan fingerprint density at radius 3 is 2.35 bits per heavy atom. The minimum Gasteiger partial charge on any atom is -0.493 e. The van der Waals surface area contributed by atoms with Gasteiger partial charge < -0.3 is 14.8 Å². The fourth-order valence-corrected chi connectivity index (χ4v) is 5.70. The van der Waals surface area contributed by atoms with Crippen molar-refractivity contribution in [2.24, 2.45) is 0 Å². The Labute approximate surface area is 220 Å². The van der Waals surface area contributed by atoms with Crippen LogP contribution in [-0.2, 0) is 17.6 Å². The average Bonchev–Trinajstić information content (AvgIpc) is 2.89. The highest BCUT2D eigenvalue weighted by Crippen LogP contribution is 2.43. The molecule has 2 atom stereocenters. The number of fused-ring (bicyclic) bond motifs is 1. The monoisotopic (exact) mass is 498 g/mol. The number of carbonyl (C=O) groups is 1. The van der Waals surface area contributed by atoms with E-state index in [0.29, 0.717) is 6.04 Å². The molecule has 3 aromatic carbocycles. The molecule has 1 amide bonds. The SMILES string of the molecule is COc1cc2c(cc1OC)[C@H](Cc1ccc(C)c(C)c1)N([C@@H](C(=O)NC1CCC1)c1ccccc1)CC2. The third-order valence-corrected chi connectivity index (χ3v) is 8.19. The third-order valence-electron chi connectivity index (χ3n) is 8.19. The summed E-state index contributed by atoms with van der Waals surface area (Å²) in [5, 5.41) is 3.35. The Kier molecular flexibility index (Phi) is 7.52. The molecule has 0 unspecified atom stereocenters. The van der Waals surface area contributed by atoms with Gasteiger partial charge in [0.1, 0.15) is 6.04 Å². The second-order valence-electron chi connectivity index (χ2n) is 10.5. The first-order valence-electron chi connectivity index (χ1n) is 13.4. The minimum absolute atomic E-state index is 0.0167. The van der Waals surface area contributed by atoms with Crippen LogP contribution >= 0.6 is 0 Å². The lowest BCUT2D eigenvalue weighted by atomic mass is 9.85. The smallest absolute Gasteiger partial charge is 0.242 e. The van der Waals surface area contributed by atoms with Gasteiger partial charge in [0, 0.05) is 18.6 Å². The second kappa shape index (κ2) is 11.0. The van der Waals surface area contributed by atoms with Gasteiger partial charge in [-0.2, -0.15) is 0 Å². The van der Waals surface area contributed by atoms with Crippen molar-refractivity contribution in [3.63, 3.8) is 0 Å². The number of benzene rings is 3. The van der Waals surface area contributed by atoms with E-state index in [1.165, 1.54) is 34.2 Å². The molecule has 1 heterocycles. The number of amides is 1. The molecule has 5 rings (SSSR count). The molecule has 1 aliphatic heterocycles. The van der Waals surface area contributed by atoms with Crippen LogP contribution in [0.1, 0.15) is 64.7 Å². The molecule has 3 aromatic rings. The Morgan fingerprint density at radius 2 is 1.70 bits per heavy atom. The standard InChI is InChI=1S/C32H38N2O3/c1-21-13-14-23(17-22(21)2)18-28-27-20-30(37-4)29(36-3)19-25(27)15-16-34(28)31(24-9-6-5-7-10-24)32(35)33-26-11-8-12-26/h5-7,9-10,13-14,17,19-20,26,28,31H,8,11-12,15-16,18H2,1-4H3,(H,33,35)/t28-,31+/m0/s1. The van der Waals surface area contributed by atoms with E-state index in [0.717, 1.165) is 49.3 Å². The largest absolute Gasteiger partial charge is 0.493 e. The van der Waals surface area contributed by atoms with Gasteiger partial charge >= 0.3 is 0 Å². The van der Waals surface area contributed by atoms with Crippen LogP contribution in [0.2, 0.25) is 0 Å². The molecule has 0 aromatic heterocycles. The van der Waals surface area contributed by atoms with Gasteiger partial charge in [0.05, 0.1) is 14.2 Å². The Balaban J connectivity index is 1.59. The molecule has 0 radical (unpaired) electrons. The molecule has 5 nitrogen and oxygen atoms in total. The van der Waals surface area contributed by atoms with E-state index in [2.05, 4.69) is 66.5 Å². The molecule has 37 heavy (non-hydrogen) atoms. The number of hydrogen-bond acceptors (Lipinski definition) is 4. The zero-order valence-corrected chi connectivity index (χ0v) is 22.4. The van der Waals surface area contributed by atoms with Crippen LogP contribution in [0.15, 0.2) is 60.7 Å². The zero-order chi connectivity index (χ0) is 25.9. The Morgan fingerprint density at radius 1 is 0.973 bits per heavy atom. The van der Waals surface area contributed by atoms with Crippen LogP contribution in [0.4, 0.5) is 0 Å². The van der Waals surface area contributed by atoms with Crippen LogP contribution in [0, 0.1) is 13.8 Å². The molecule has 0 bridgehead atoms. The van der Waals surface area contributed by atoms with Crippen molar-refractivity contribution in [3.8, 4) is 11.5 Å². The van der Waals surface area contributed by atoms with Crippen molar-refractivity contribution in [1.29, 1.82) is 0 Å². The van der Waals surface area contributed by atoms with E-state index in [1.807, 2.05) is 18.2 Å². The summed E-state index contributed by atoms with van der Waals surface area (Å²) in [5.74, 6) is 1.58. The number of rotatable bonds is 8. The number of aryl methyl sites for hydroxylation is 2. The van der Waals surface area contributed by atoms with Gasteiger partial charge in [-0.25, -0.2) is 0 Å². The first-order chi connectivity index (χ1) is 18.0. The van der Waals surface area contributed by atoms with Crippen LogP contribution in [0.3, 0.4) is 0 Å². The second-order valence-corrected chi connectivity index (χ2v) is 10.5. The number of hydrogen-bond donors (Lipinski definition) is 1. The molecule has 1 aliphatic carbocycles. The molecular formula is C32H38N2O3. The quantitative estimate of drug-likeness (QED) is 0.422. The Bertz CT molecular complexity index is 1250. The van der Waals surface area contributed by atoms with E-state index in [-0.39, 0.29) is 18.0 Å². The maximum atomic E-state index is 13.9. The van der Waals surface area contributed by atoms with Gasteiger partial charge in [-0.15, -0.1) is 0 Å². The van der Waals surface area contributed by atoms with Gasteiger partial charge in [0.2, 0.25) is 5.91 Å². The lowest BCUT2D eigenvalue weighted by molar-refractivity contribution is -0.129. The molecular weight excluding hydrogens is 460 g/mol. The predicted octanol–water partition coefficient (Wildman–Crippen LogP) is 5.87. The molecule has 1 N–H and O–H groups in total. The summed E-state index contributed by atoms with van der Waals surface area (Å²) in [4.78, 5) is 16.3. The van der Waals surface area contributed by atoms with Crippen LogP contribution in [0.25, 0.3) is 0 Å². The predicted molar refractivity (Wildman–Crippen MR) is 147 cm³/mol. The highest BCUT2D eigenvalue weighted by Gasteiger charge is 2.38. The molecule has 0 saturated heterocycles. The summed E-state index contributed by atoms with van der Waals surface area (Å²) in [7, 11) is 3.37. The highest BCUT2D eigenvalue weighted by molar-refractivity contribution is 5.83. The fraction of sp³-hybridized carbons (Fsp3) is 0.406. The van der Waals surface area contributed by atoms with Gasteiger partial charge in [0.25, 0.3) is 0 Å². The number of ether oxygens (including phenoxy) is 2. The van der Waals surface area contributed by atoms with E-state index in [9.17, 15) is 4.79 Å². The van der Waals surface area contributed by atoms with E-state index in [4.69, 9.17) is 9.47 Å². The normalized spacial score (nSPS) is 18.4. The molecule has 5 heteroatoms. The highest BCUT2D eigenvalue weighted by atomic mass is 16.5. The maximum absolute atomic E-state index is 13.9. The first-order valence-corrected chi connectivity index (χ1v) is 13.4. The van der Waals surface area contributed by atoms with Gasteiger partial charge in [-0.1, -0.05) is 48.5 Å². The summed E-state index contributed by atoms with van der Waals surface area (Å²) >= 11 is 0. The van der Waals surface area contributed by atoms with Gasteiger partial charge in [-0.3, -0.25) is 9.69 Å². The van der Waals surface area contributed by atoms with E-state index < -0.39 is 0 Å². The van der Waals surface area contributed by atoms with Crippen LogP contribution in [0.5, 0.6) is 11.5 Å². The molecule has 2 aliphatic rings. The van der Waals surface area contributed by atoms with Crippen molar-refractivity contribution in [1.82, 2.24) is 10.2 Å². The molecule has 194 valence electrons. The summed E-state index contributed by atoms with van der Waals surface area (Å²) < 4.78 is 11.3. The van der Waals surface area contributed by atoms with Crippen molar-refractivity contribution in [3.05, 3.63) is 94.0 Å². The first kappa shape index (κ1) is 25.3. The van der Waals surface area contributed by atoms with Gasteiger partial charge in [-0.05, 0) is 91.5 Å². The zero-order valence-electron chi connectivity index (χ0n) is 22.4. The lowest BCUT2D eigenvalue weighted by Crippen LogP contribution is -2.49. The molecule has 0 spiro atoms. The van der Waals surface area contributed by atoms with Gasteiger partial charge in [0.15, 0.2) is 11.5 Å². The summed E-state index contributed by atoms with van der Waals surface area (Å²) in [6.07, 6.45) is 4.98. The minimum atomic E-state index is -0.361. The van der Waals surface area contributed by atoms with Crippen LogP contribution in [-0.4, -0.2) is 37.6 Å². The number of carbonyl (C=O) groups excluding carboxylic acids is 1. The molecule has 1 saturated carbocycles. The van der Waals surface area contributed by atoms with Crippen molar-refractivity contribution >= 4 is 5.91 Å². The summed E-state index contributed by atoms with van der Waals surface area (Å²) in [6, 6.07) is 21.1.